The summed E-state index contributed by atoms with van der Waals surface area (Å²) in [7, 11) is -1.38. The SMILES string of the molecule is O=C(C1CCCN1)N1CC2(CCCB(O)O)CCNC2(C(=O)O)C1. The van der Waals surface area contributed by atoms with Crippen LogP contribution in [0.25, 0.3) is 0 Å². The fourth-order valence-corrected chi connectivity index (χ4v) is 4.74. The standard InChI is InChI=1S/C15H26BN3O5/c20-12(11-3-1-7-17-11)19-9-14(4-2-6-16(23)24)5-8-18-15(14,10-19)13(21)22/h11,17-18,23-24H,1-10H2,(H,21,22). The Labute approximate surface area is 141 Å². The van der Waals surface area contributed by atoms with E-state index in [1.54, 1.807) is 4.90 Å². The third-order valence-corrected chi connectivity index (χ3v) is 6.01. The Kier molecular flexibility index (Phi) is 4.88. The van der Waals surface area contributed by atoms with Crippen LogP contribution in [0.4, 0.5) is 0 Å². The van der Waals surface area contributed by atoms with Crippen molar-refractivity contribution >= 4 is 19.0 Å². The van der Waals surface area contributed by atoms with Crippen molar-refractivity contribution in [2.24, 2.45) is 5.41 Å². The Balaban J connectivity index is 1.78. The van der Waals surface area contributed by atoms with Crippen LogP contribution in [-0.2, 0) is 9.59 Å². The molecule has 3 unspecified atom stereocenters. The van der Waals surface area contributed by atoms with Crippen LogP contribution in [-0.4, -0.2) is 76.8 Å². The van der Waals surface area contributed by atoms with E-state index in [1.165, 1.54) is 0 Å². The van der Waals surface area contributed by atoms with Gasteiger partial charge in [0, 0.05) is 12.0 Å². The van der Waals surface area contributed by atoms with Crippen molar-refractivity contribution < 1.29 is 24.7 Å². The number of nitrogens with zero attached hydrogens (tertiary/aromatic N) is 1. The molecule has 3 aliphatic heterocycles. The smallest absolute Gasteiger partial charge is 0.451 e. The van der Waals surface area contributed by atoms with Crippen LogP contribution in [0.1, 0.15) is 32.1 Å². The highest BCUT2D eigenvalue weighted by molar-refractivity contribution is 6.40. The summed E-state index contributed by atoms with van der Waals surface area (Å²) < 4.78 is 0. The number of likely N-dealkylation sites (tertiary alicyclic amines) is 1. The van der Waals surface area contributed by atoms with Gasteiger partial charge < -0.3 is 25.4 Å². The Morgan fingerprint density at radius 1 is 1.25 bits per heavy atom. The van der Waals surface area contributed by atoms with Gasteiger partial charge in [0.15, 0.2) is 0 Å². The summed E-state index contributed by atoms with van der Waals surface area (Å²) in [5.74, 6) is -0.926. The number of nitrogens with one attached hydrogen (secondary N) is 2. The molecule has 5 N–H and O–H groups in total. The normalized spacial score (nSPS) is 35.2. The maximum Gasteiger partial charge on any atom is 0.451 e. The summed E-state index contributed by atoms with van der Waals surface area (Å²) in [4.78, 5) is 26.5. The first kappa shape index (κ1) is 17.7. The molecule has 0 aromatic carbocycles. The van der Waals surface area contributed by atoms with Crippen molar-refractivity contribution in [3.05, 3.63) is 0 Å². The topological polar surface area (TPSA) is 122 Å². The highest BCUT2D eigenvalue weighted by atomic mass is 16.4. The average Bonchev–Trinajstić information content (AvgIpc) is 3.19. The van der Waals surface area contributed by atoms with Gasteiger partial charge in [-0.1, -0.05) is 6.42 Å². The molecule has 1 amide bonds. The van der Waals surface area contributed by atoms with Crippen molar-refractivity contribution in [3.8, 4) is 0 Å². The first-order valence-corrected chi connectivity index (χ1v) is 8.77. The van der Waals surface area contributed by atoms with Crippen molar-refractivity contribution in [2.75, 3.05) is 26.2 Å². The zero-order chi connectivity index (χ0) is 17.4. The van der Waals surface area contributed by atoms with E-state index in [0.717, 1.165) is 19.4 Å². The number of hydrogen-bond donors (Lipinski definition) is 5. The van der Waals surface area contributed by atoms with Gasteiger partial charge in [-0.15, -0.1) is 0 Å². The van der Waals surface area contributed by atoms with Gasteiger partial charge in [-0.25, -0.2) is 0 Å². The maximum absolute atomic E-state index is 12.7. The third kappa shape index (κ3) is 2.83. The molecule has 0 radical (unpaired) electrons. The highest BCUT2D eigenvalue weighted by Gasteiger charge is 2.65. The number of carboxylic acids is 1. The molecule has 0 saturated carbocycles. The van der Waals surface area contributed by atoms with E-state index < -0.39 is 24.0 Å². The second kappa shape index (κ2) is 6.63. The molecule has 134 valence electrons. The Hall–Kier alpha value is -1.16. The molecule has 0 spiro atoms. The lowest BCUT2D eigenvalue weighted by Crippen LogP contribution is -2.58. The van der Waals surface area contributed by atoms with Gasteiger partial charge >= 0.3 is 13.1 Å². The van der Waals surface area contributed by atoms with Gasteiger partial charge in [-0.3, -0.25) is 14.9 Å². The van der Waals surface area contributed by atoms with Gasteiger partial charge in [0.05, 0.1) is 12.6 Å². The predicted molar refractivity (Wildman–Crippen MR) is 87.3 cm³/mol. The molecule has 8 nitrogen and oxygen atoms in total. The molecule has 0 aliphatic carbocycles. The van der Waals surface area contributed by atoms with Gasteiger partial charge in [0.2, 0.25) is 5.91 Å². The van der Waals surface area contributed by atoms with Gasteiger partial charge in [0.1, 0.15) is 5.54 Å². The molecule has 3 heterocycles. The second-order valence-corrected chi connectivity index (χ2v) is 7.38. The summed E-state index contributed by atoms with van der Waals surface area (Å²) in [5, 5.41) is 34.4. The third-order valence-electron chi connectivity index (χ3n) is 6.01. The zero-order valence-corrected chi connectivity index (χ0v) is 13.8. The summed E-state index contributed by atoms with van der Waals surface area (Å²) in [6.07, 6.45) is 3.75. The number of rotatable bonds is 6. The largest absolute Gasteiger partial charge is 0.480 e. The van der Waals surface area contributed by atoms with Crippen LogP contribution < -0.4 is 10.6 Å². The Morgan fingerprint density at radius 3 is 2.67 bits per heavy atom. The van der Waals surface area contributed by atoms with Gasteiger partial charge in [-0.2, -0.15) is 0 Å². The molecule has 3 saturated heterocycles. The van der Waals surface area contributed by atoms with Crippen LogP contribution in [0.15, 0.2) is 0 Å². The molecule has 3 atom stereocenters. The van der Waals surface area contributed by atoms with Crippen LogP contribution in [0, 0.1) is 5.41 Å². The van der Waals surface area contributed by atoms with Crippen LogP contribution in [0.3, 0.4) is 0 Å². The first-order chi connectivity index (χ1) is 11.4. The van der Waals surface area contributed by atoms with E-state index in [9.17, 15) is 14.7 Å². The summed E-state index contributed by atoms with van der Waals surface area (Å²) in [5.41, 5.74) is -1.66. The molecule has 9 heteroatoms. The van der Waals surface area contributed by atoms with E-state index in [1.807, 2.05) is 0 Å². The number of aliphatic carboxylic acids is 1. The van der Waals surface area contributed by atoms with Crippen molar-refractivity contribution in [1.82, 2.24) is 15.5 Å². The van der Waals surface area contributed by atoms with Crippen molar-refractivity contribution in [1.29, 1.82) is 0 Å². The molecule has 0 aromatic heterocycles. The van der Waals surface area contributed by atoms with Gasteiger partial charge in [-0.05, 0) is 45.1 Å². The number of fused-ring (bicyclic) bond motifs is 1. The second-order valence-electron chi connectivity index (χ2n) is 7.38. The Bertz CT molecular complexity index is 513. The minimum Gasteiger partial charge on any atom is -0.480 e. The van der Waals surface area contributed by atoms with Crippen LogP contribution >= 0.6 is 0 Å². The number of hydrogen-bond acceptors (Lipinski definition) is 6. The summed E-state index contributed by atoms with van der Waals surface area (Å²) >= 11 is 0. The first-order valence-electron chi connectivity index (χ1n) is 8.77. The molecule has 24 heavy (non-hydrogen) atoms. The molecule has 0 aromatic rings. The summed E-state index contributed by atoms with van der Waals surface area (Å²) in [6.45, 7) is 2.04. The lowest BCUT2D eigenvalue weighted by atomic mass is 9.68. The van der Waals surface area contributed by atoms with Crippen LogP contribution in [0.2, 0.25) is 6.32 Å². The minimum absolute atomic E-state index is 0.00843. The molecule has 3 aliphatic rings. The number of amides is 1. The lowest BCUT2D eigenvalue weighted by molar-refractivity contribution is -0.147. The van der Waals surface area contributed by atoms with E-state index in [2.05, 4.69) is 10.6 Å². The lowest BCUT2D eigenvalue weighted by Gasteiger charge is -2.35. The van der Waals surface area contributed by atoms with Crippen molar-refractivity contribution in [3.63, 3.8) is 0 Å². The van der Waals surface area contributed by atoms with Crippen molar-refractivity contribution in [2.45, 2.75) is 50.0 Å². The minimum atomic E-state index is -1.38. The van der Waals surface area contributed by atoms with Crippen LogP contribution in [0.5, 0.6) is 0 Å². The molecular formula is C15H26BN3O5. The zero-order valence-electron chi connectivity index (χ0n) is 13.8. The number of carboxylic acid groups (broad SMARTS) is 1. The summed E-state index contributed by atoms with van der Waals surface area (Å²) in [6, 6.07) is -0.203. The molecule has 3 rings (SSSR count). The number of carbonyl (C=O) groups is 2. The van der Waals surface area contributed by atoms with Gasteiger partial charge in [0.25, 0.3) is 0 Å². The quantitative estimate of drug-likeness (QED) is 0.379. The van der Waals surface area contributed by atoms with E-state index in [-0.39, 0.29) is 24.8 Å². The monoisotopic (exact) mass is 339 g/mol. The van der Waals surface area contributed by atoms with E-state index in [4.69, 9.17) is 10.0 Å². The molecule has 0 bridgehead atoms. The van der Waals surface area contributed by atoms with E-state index >= 15 is 0 Å². The average molecular weight is 339 g/mol. The fraction of sp³-hybridized carbons (Fsp3) is 0.867. The predicted octanol–water partition coefficient (Wildman–Crippen LogP) is -1.36. The molecule has 3 fully saturated rings. The highest BCUT2D eigenvalue weighted by Crippen LogP contribution is 2.50. The maximum atomic E-state index is 12.7. The molecular weight excluding hydrogens is 313 g/mol. The van der Waals surface area contributed by atoms with E-state index in [0.29, 0.717) is 32.4 Å². The Morgan fingerprint density at radius 2 is 2.04 bits per heavy atom. The fourth-order valence-electron chi connectivity index (χ4n) is 4.74. The number of carbonyl (C=O) groups excluding carboxylic acids is 1.